The van der Waals surface area contributed by atoms with E-state index in [9.17, 15) is 18.4 Å². The van der Waals surface area contributed by atoms with Crippen LogP contribution in [0.5, 0.6) is 0 Å². The third kappa shape index (κ3) is 3.07. The normalized spacial score (nSPS) is 11.3. The van der Waals surface area contributed by atoms with Crippen molar-refractivity contribution in [3.63, 3.8) is 0 Å². The molecule has 0 spiro atoms. The number of hydrogen-bond donors (Lipinski definition) is 2. The van der Waals surface area contributed by atoms with Gasteiger partial charge >= 0.3 is 0 Å². The lowest BCUT2D eigenvalue weighted by atomic mass is 10.1. The first-order chi connectivity index (χ1) is 12.2. The molecular weight excluding hydrogens is 432 g/mol. The number of fused-ring (bicyclic) bond motifs is 1. The Bertz CT molecular complexity index is 1030. The molecule has 3 N–H and O–H groups in total. The number of carbonyl (C=O) groups excluding carboxylic acids is 2. The van der Waals surface area contributed by atoms with E-state index in [0.717, 1.165) is 11.3 Å². The van der Waals surface area contributed by atoms with Gasteiger partial charge in [-0.05, 0) is 34.5 Å². The SMILES string of the molecule is Cc1cc(C(F)F)nc2sc(C(N)=O)c(NC(=O)c3c(Br)cnn3C)c12. The van der Waals surface area contributed by atoms with Crippen molar-refractivity contribution in [1.82, 2.24) is 14.8 Å². The molecular formula is C15H12BrF2N5O2S. The molecule has 0 saturated heterocycles. The number of amides is 2. The lowest BCUT2D eigenvalue weighted by Crippen LogP contribution is -2.19. The molecule has 0 unspecified atom stereocenters. The largest absolute Gasteiger partial charge is 0.365 e. The fourth-order valence-corrected chi connectivity index (χ4v) is 4.14. The number of alkyl halides is 2. The molecule has 3 aromatic rings. The summed E-state index contributed by atoms with van der Waals surface area (Å²) in [6.07, 6.45) is -1.29. The molecule has 3 rings (SSSR count). The van der Waals surface area contributed by atoms with Crippen LogP contribution in [0.1, 0.15) is 37.8 Å². The maximum atomic E-state index is 13.0. The third-order valence-corrected chi connectivity index (χ3v) is 5.35. The Morgan fingerprint density at radius 1 is 1.42 bits per heavy atom. The van der Waals surface area contributed by atoms with Gasteiger partial charge in [0.05, 0.1) is 16.4 Å². The van der Waals surface area contributed by atoms with Crippen LogP contribution in [0.15, 0.2) is 16.7 Å². The lowest BCUT2D eigenvalue weighted by molar-refractivity contribution is 0.100. The Balaban J connectivity index is 2.16. The van der Waals surface area contributed by atoms with Gasteiger partial charge in [0.15, 0.2) is 0 Å². The number of hydrogen-bond acceptors (Lipinski definition) is 5. The molecule has 0 fully saturated rings. The van der Waals surface area contributed by atoms with Crippen LogP contribution in [0.4, 0.5) is 14.5 Å². The van der Waals surface area contributed by atoms with E-state index in [1.165, 1.54) is 16.9 Å². The molecule has 0 radical (unpaired) electrons. The van der Waals surface area contributed by atoms with Gasteiger partial charge in [0.2, 0.25) is 0 Å². The fraction of sp³-hybridized carbons (Fsp3) is 0.200. The first-order valence-electron chi connectivity index (χ1n) is 7.21. The highest BCUT2D eigenvalue weighted by Crippen LogP contribution is 2.38. The summed E-state index contributed by atoms with van der Waals surface area (Å²) in [6.45, 7) is 1.60. The number of aromatic nitrogens is 3. The molecule has 3 heterocycles. The molecule has 0 saturated carbocycles. The van der Waals surface area contributed by atoms with Gasteiger partial charge in [-0.1, -0.05) is 0 Å². The van der Waals surface area contributed by atoms with E-state index in [0.29, 0.717) is 15.4 Å². The van der Waals surface area contributed by atoms with Crippen molar-refractivity contribution in [3.8, 4) is 0 Å². The molecule has 0 aliphatic heterocycles. The summed E-state index contributed by atoms with van der Waals surface area (Å²) in [5.41, 5.74) is 5.83. The highest BCUT2D eigenvalue weighted by molar-refractivity contribution is 9.10. The van der Waals surface area contributed by atoms with E-state index in [1.807, 2.05) is 0 Å². The quantitative estimate of drug-likeness (QED) is 0.644. The number of nitrogens with two attached hydrogens (primary N) is 1. The highest BCUT2D eigenvalue weighted by Gasteiger charge is 2.25. The average Bonchev–Trinajstić information content (AvgIpc) is 3.08. The number of rotatable bonds is 4. The third-order valence-electron chi connectivity index (χ3n) is 3.67. The summed E-state index contributed by atoms with van der Waals surface area (Å²) in [4.78, 5) is 28.6. The first kappa shape index (κ1) is 18.4. The summed E-state index contributed by atoms with van der Waals surface area (Å²) in [7, 11) is 1.59. The molecule has 0 aromatic carbocycles. The zero-order valence-corrected chi connectivity index (χ0v) is 15.9. The van der Waals surface area contributed by atoms with Crippen molar-refractivity contribution in [2.75, 3.05) is 5.32 Å². The van der Waals surface area contributed by atoms with Crippen LogP contribution in [0.3, 0.4) is 0 Å². The Morgan fingerprint density at radius 2 is 2.12 bits per heavy atom. The van der Waals surface area contributed by atoms with Crippen molar-refractivity contribution >= 4 is 55.0 Å². The standard InChI is InChI=1S/C15H12BrF2N5O2S/c1-5-3-7(12(17)18)21-15-8(5)9(11(26-15)13(19)24)22-14(25)10-6(16)4-20-23(10)2/h3-4,12H,1-2H3,(H2,19,24)(H,22,25). The second-order valence-corrected chi connectivity index (χ2v) is 7.29. The van der Waals surface area contributed by atoms with Crippen LogP contribution in [-0.2, 0) is 7.05 Å². The number of primary amides is 1. The van der Waals surface area contributed by atoms with E-state index >= 15 is 0 Å². The van der Waals surface area contributed by atoms with Crippen LogP contribution in [0.25, 0.3) is 10.2 Å². The second kappa shape index (κ2) is 6.72. The number of nitrogens with one attached hydrogen (secondary N) is 1. The predicted octanol–water partition coefficient (Wildman–Crippen LogP) is 3.39. The first-order valence-corrected chi connectivity index (χ1v) is 8.82. The van der Waals surface area contributed by atoms with E-state index in [1.54, 1.807) is 14.0 Å². The molecule has 0 bridgehead atoms. The van der Waals surface area contributed by atoms with Gasteiger partial charge in [-0.15, -0.1) is 11.3 Å². The van der Waals surface area contributed by atoms with Gasteiger partial charge in [0.1, 0.15) is 21.1 Å². The number of nitrogens with zero attached hydrogens (tertiary/aromatic N) is 3. The highest BCUT2D eigenvalue weighted by atomic mass is 79.9. The Labute approximate surface area is 158 Å². The van der Waals surface area contributed by atoms with Gasteiger partial charge in [0.25, 0.3) is 18.2 Å². The number of carbonyl (C=O) groups is 2. The predicted molar refractivity (Wildman–Crippen MR) is 96.7 cm³/mol. The van der Waals surface area contributed by atoms with Crippen LogP contribution < -0.4 is 11.1 Å². The molecule has 0 aliphatic carbocycles. The minimum atomic E-state index is -2.75. The van der Waals surface area contributed by atoms with E-state index < -0.39 is 23.9 Å². The molecule has 0 atom stereocenters. The van der Waals surface area contributed by atoms with Crippen LogP contribution in [0, 0.1) is 6.92 Å². The van der Waals surface area contributed by atoms with Crippen LogP contribution >= 0.6 is 27.3 Å². The van der Waals surface area contributed by atoms with Crippen LogP contribution in [0.2, 0.25) is 0 Å². The number of aryl methyl sites for hydroxylation is 2. The molecule has 2 amide bonds. The van der Waals surface area contributed by atoms with Crippen LogP contribution in [-0.4, -0.2) is 26.6 Å². The summed E-state index contributed by atoms with van der Waals surface area (Å²) in [5.74, 6) is -1.32. The van der Waals surface area contributed by atoms with E-state index in [2.05, 4.69) is 31.3 Å². The van der Waals surface area contributed by atoms with Crippen molar-refractivity contribution in [3.05, 3.63) is 38.6 Å². The molecule has 0 aliphatic rings. The van der Waals surface area contributed by atoms with Gasteiger partial charge in [-0.2, -0.15) is 5.10 Å². The van der Waals surface area contributed by atoms with E-state index in [4.69, 9.17) is 5.73 Å². The Hall–Kier alpha value is -2.40. The molecule has 26 heavy (non-hydrogen) atoms. The second-order valence-electron chi connectivity index (χ2n) is 5.43. The van der Waals surface area contributed by atoms with Gasteiger partial charge in [0, 0.05) is 12.4 Å². The zero-order valence-electron chi connectivity index (χ0n) is 13.5. The zero-order chi connectivity index (χ0) is 19.2. The topological polar surface area (TPSA) is 103 Å². The van der Waals surface area contributed by atoms with Crippen molar-refractivity contribution in [2.24, 2.45) is 12.8 Å². The molecule has 3 aromatic heterocycles. The van der Waals surface area contributed by atoms with Crippen molar-refractivity contribution < 1.29 is 18.4 Å². The molecule has 136 valence electrons. The number of halogens is 3. The minimum Gasteiger partial charge on any atom is -0.365 e. The maximum absolute atomic E-state index is 13.0. The van der Waals surface area contributed by atoms with E-state index in [-0.39, 0.29) is 21.1 Å². The van der Waals surface area contributed by atoms with Gasteiger partial charge < -0.3 is 11.1 Å². The molecule has 11 heteroatoms. The number of anilines is 1. The van der Waals surface area contributed by atoms with Crippen molar-refractivity contribution in [1.29, 1.82) is 0 Å². The van der Waals surface area contributed by atoms with Gasteiger partial charge in [-0.25, -0.2) is 13.8 Å². The average molecular weight is 444 g/mol. The summed E-state index contributed by atoms with van der Waals surface area (Å²) < 4.78 is 27.8. The molecule has 7 nitrogen and oxygen atoms in total. The number of pyridine rings is 1. The fourth-order valence-electron chi connectivity index (χ4n) is 2.55. The summed E-state index contributed by atoms with van der Waals surface area (Å²) >= 11 is 4.09. The number of thiophene rings is 1. The Kier molecular flexibility index (Phi) is 4.76. The monoisotopic (exact) mass is 443 g/mol. The maximum Gasteiger partial charge on any atom is 0.280 e. The lowest BCUT2D eigenvalue weighted by Gasteiger charge is -2.09. The smallest absolute Gasteiger partial charge is 0.280 e. The minimum absolute atomic E-state index is 0.0358. The Morgan fingerprint density at radius 3 is 2.65 bits per heavy atom. The van der Waals surface area contributed by atoms with Gasteiger partial charge in [-0.3, -0.25) is 14.3 Å². The summed E-state index contributed by atoms with van der Waals surface area (Å²) in [5, 5.41) is 7.00. The summed E-state index contributed by atoms with van der Waals surface area (Å²) in [6, 6.07) is 1.22. The van der Waals surface area contributed by atoms with Crippen molar-refractivity contribution in [2.45, 2.75) is 13.3 Å².